The molecule has 0 radical (unpaired) electrons. The molecular formula is C12H16FNO3S. The molecule has 0 bridgehead atoms. The van der Waals surface area contributed by atoms with Crippen molar-refractivity contribution in [2.45, 2.75) is 18.7 Å². The summed E-state index contributed by atoms with van der Waals surface area (Å²) in [7, 11) is -1.42. The number of aliphatic hydroxyl groups excluding tert-OH is 1. The van der Waals surface area contributed by atoms with Crippen molar-refractivity contribution in [2.75, 3.05) is 18.6 Å². The molecule has 100 valence electrons. The van der Waals surface area contributed by atoms with E-state index in [4.69, 9.17) is 0 Å². The highest BCUT2D eigenvalue weighted by Crippen LogP contribution is 2.19. The van der Waals surface area contributed by atoms with Gasteiger partial charge in [0.1, 0.15) is 5.82 Å². The van der Waals surface area contributed by atoms with Gasteiger partial charge in [-0.1, -0.05) is 12.1 Å². The molecule has 1 heterocycles. The van der Waals surface area contributed by atoms with E-state index >= 15 is 0 Å². The number of aliphatic hydroxyl groups is 1. The van der Waals surface area contributed by atoms with Gasteiger partial charge in [0, 0.05) is 6.54 Å². The first-order valence-corrected chi connectivity index (χ1v) is 7.53. The molecule has 18 heavy (non-hydrogen) atoms. The summed E-state index contributed by atoms with van der Waals surface area (Å²) in [5.74, 6) is -0.550. The molecule has 0 aromatic heterocycles. The van der Waals surface area contributed by atoms with Gasteiger partial charge in [0.25, 0.3) is 0 Å². The van der Waals surface area contributed by atoms with Gasteiger partial charge >= 0.3 is 0 Å². The third-order valence-corrected chi connectivity index (χ3v) is 4.88. The Bertz CT molecular complexity index is 532. The quantitative estimate of drug-likeness (QED) is 0.867. The highest BCUT2D eigenvalue weighted by Gasteiger charge is 2.38. The second-order valence-corrected chi connectivity index (χ2v) is 6.91. The van der Waals surface area contributed by atoms with Crippen LogP contribution in [0, 0.1) is 5.82 Å². The van der Waals surface area contributed by atoms with Gasteiger partial charge in [-0.2, -0.15) is 0 Å². The van der Waals surface area contributed by atoms with Crippen molar-refractivity contribution in [3.8, 4) is 0 Å². The Labute approximate surface area is 106 Å². The van der Waals surface area contributed by atoms with Crippen LogP contribution in [0.1, 0.15) is 5.56 Å². The third kappa shape index (κ3) is 3.07. The second kappa shape index (κ2) is 4.95. The molecule has 0 unspecified atom stereocenters. The molecule has 1 fully saturated rings. The molecule has 1 aromatic carbocycles. The monoisotopic (exact) mass is 273 g/mol. The lowest BCUT2D eigenvalue weighted by atomic mass is 10.1. The minimum atomic E-state index is -3.16. The van der Waals surface area contributed by atoms with Crippen molar-refractivity contribution in [3.63, 3.8) is 0 Å². The summed E-state index contributed by atoms with van der Waals surface area (Å²) in [6.45, 7) is 0.412. The summed E-state index contributed by atoms with van der Waals surface area (Å²) >= 11 is 0. The zero-order chi connectivity index (χ0) is 13.3. The van der Waals surface area contributed by atoms with Crippen LogP contribution in [0.5, 0.6) is 0 Å². The minimum Gasteiger partial charge on any atom is -0.390 e. The summed E-state index contributed by atoms with van der Waals surface area (Å²) in [4.78, 5) is 1.75. The zero-order valence-electron chi connectivity index (χ0n) is 10.1. The molecule has 0 saturated carbocycles. The Morgan fingerprint density at radius 3 is 2.72 bits per heavy atom. The normalized spacial score (nSPS) is 26.7. The van der Waals surface area contributed by atoms with Gasteiger partial charge in [0.15, 0.2) is 9.84 Å². The van der Waals surface area contributed by atoms with Crippen LogP contribution >= 0.6 is 0 Å². The van der Waals surface area contributed by atoms with Crippen LogP contribution in [0.15, 0.2) is 24.3 Å². The van der Waals surface area contributed by atoms with Crippen molar-refractivity contribution in [2.24, 2.45) is 0 Å². The van der Waals surface area contributed by atoms with Crippen molar-refractivity contribution >= 4 is 9.84 Å². The SMILES string of the molecule is CN(Cc1cccc(F)c1)[C@@H]1CS(=O)(=O)C[C@H]1O. The summed E-state index contributed by atoms with van der Waals surface area (Å²) < 4.78 is 35.9. The smallest absolute Gasteiger partial charge is 0.154 e. The Hall–Kier alpha value is -0.980. The van der Waals surface area contributed by atoms with Crippen LogP contribution < -0.4 is 0 Å². The van der Waals surface area contributed by atoms with Gasteiger partial charge < -0.3 is 5.11 Å². The fraction of sp³-hybridized carbons (Fsp3) is 0.500. The number of nitrogens with zero attached hydrogens (tertiary/aromatic N) is 1. The van der Waals surface area contributed by atoms with E-state index in [2.05, 4.69) is 0 Å². The van der Waals surface area contributed by atoms with Crippen LogP contribution in [0.2, 0.25) is 0 Å². The highest BCUT2D eigenvalue weighted by molar-refractivity contribution is 7.91. The molecule has 1 saturated heterocycles. The topological polar surface area (TPSA) is 57.6 Å². The average Bonchev–Trinajstić information content (AvgIpc) is 2.52. The maximum atomic E-state index is 13.0. The number of halogens is 1. The first-order chi connectivity index (χ1) is 8.37. The molecule has 1 aliphatic rings. The maximum Gasteiger partial charge on any atom is 0.154 e. The fourth-order valence-electron chi connectivity index (χ4n) is 2.27. The highest BCUT2D eigenvalue weighted by atomic mass is 32.2. The Morgan fingerprint density at radius 1 is 1.44 bits per heavy atom. The van der Waals surface area contributed by atoms with E-state index in [1.54, 1.807) is 24.1 Å². The van der Waals surface area contributed by atoms with E-state index in [0.717, 1.165) is 5.56 Å². The summed E-state index contributed by atoms with van der Waals surface area (Å²) in [6, 6.07) is 5.73. The number of benzene rings is 1. The first kappa shape index (κ1) is 13.5. The van der Waals surface area contributed by atoms with Gasteiger partial charge in [0.2, 0.25) is 0 Å². The molecule has 6 heteroatoms. The van der Waals surface area contributed by atoms with Gasteiger partial charge in [-0.3, -0.25) is 4.90 Å². The van der Waals surface area contributed by atoms with E-state index < -0.39 is 22.0 Å². The van der Waals surface area contributed by atoms with Crippen LogP contribution in [0.25, 0.3) is 0 Å². The van der Waals surface area contributed by atoms with Crippen LogP contribution in [-0.2, 0) is 16.4 Å². The number of rotatable bonds is 3. The average molecular weight is 273 g/mol. The summed E-state index contributed by atoms with van der Waals surface area (Å²) in [6.07, 6.45) is -0.867. The lowest BCUT2D eigenvalue weighted by Gasteiger charge is -2.25. The lowest BCUT2D eigenvalue weighted by Crippen LogP contribution is -2.40. The van der Waals surface area contributed by atoms with E-state index in [-0.39, 0.29) is 17.3 Å². The second-order valence-electron chi connectivity index (χ2n) is 4.76. The van der Waals surface area contributed by atoms with Crippen molar-refractivity contribution in [1.29, 1.82) is 0 Å². The van der Waals surface area contributed by atoms with Gasteiger partial charge in [-0.05, 0) is 24.7 Å². The molecule has 0 spiro atoms. The van der Waals surface area contributed by atoms with E-state index in [9.17, 15) is 17.9 Å². The zero-order valence-corrected chi connectivity index (χ0v) is 10.9. The largest absolute Gasteiger partial charge is 0.390 e. The minimum absolute atomic E-state index is 0.0417. The predicted octanol–water partition coefficient (Wildman–Crippen LogP) is 0.415. The molecule has 2 rings (SSSR count). The van der Waals surface area contributed by atoms with Gasteiger partial charge in [-0.25, -0.2) is 12.8 Å². The van der Waals surface area contributed by atoms with Crippen LogP contribution in [-0.4, -0.2) is 49.1 Å². The van der Waals surface area contributed by atoms with Crippen LogP contribution in [0.4, 0.5) is 4.39 Å². The molecule has 2 atom stereocenters. The third-order valence-electron chi connectivity index (χ3n) is 3.18. The molecular weight excluding hydrogens is 257 g/mol. The molecule has 0 amide bonds. The molecule has 0 aliphatic carbocycles. The Morgan fingerprint density at radius 2 is 2.17 bits per heavy atom. The standard InChI is InChI=1S/C12H16FNO3S/c1-14(6-9-3-2-4-10(13)5-9)11-7-18(16,17)8-12(11)15/h2-5,11-12,15H,6-8H2,1H3/t11-,12-/m1/s1. The van der Waals surface area contributed by atoms with Gasteiger partial charge in [-0.15, -0.1) is 0 Å². The summed E-state index contributed by atoms with van der Waals surface area (Å²) in [5, 5.41) is 9.73. The van der Waals surface area contributed by atoms with Crippen molar-refractivity contribution in [1.82, 2.24) is 4.90 Å². The predicted molar refractivity (Wildman–Crippen MR) is 66.3 cm³/mol. The fourth-order valence-corrected chi connectivity index (χ4v) is 4.15. The molecule has 1 aliphatic heterocycles. The van der Waals surface area contributed by atoms with E-state index in [1.165, 1.54) is 12.1 Å². The summed E-state index contributed by atoms with van der Waals surface area (Å²) in [5.41, 5.74) is 0.758. The molecule has 1 aromatic rings. The first-order valence-electron chi connectivity index (χ1n) is 5.70. The lowest BCUT2D eigenvalue weighted by molar-refractivity contribution is 0.0957. The van der Waals surface area contributed by atoms with Crippen molar-refractivity contribution < 1.29 is 17.9 Å². The number of sulfone groups is 1. The maximum absolute atomic E-state index is 13.0. The van der Waals surface area contributed by atoms with Gasteiger partial charge in [0.05, 0.1) is 23.7 Å². The van der Waals surface area contributed by atoms with Crippen molar-refractivity contribution in [3.05, 3.63) is 35.6 Å². The number of likely N-dealkylation sites (N-methyl/N-ethyl adjacent to an activating group) is 1. The Kier molecular flexibility index (Phi) is 3.70. The van der Waals surface area contributed by atoms with E-state index in [0.29, 0.717) is 6.54 Å². The number of hydrogen-bond acceptors (Lipinski definition) is 4. The van der Waals surface area contributed by atoms with E-state index in [1.807, 2.05) is 0 Å². The van der Waals surface area contributed by atoms with Crippen LogP contribution in [0.3, 0.4) is 0 Å². The Balaban J connectivity index is 2.07. The molecule has 4 nitrogen and oxygen atoms in total. The molecule has 1 N–H and O–H groups in total. The number of hydrogen-bond donors (Lipinski definition) is 1.